The van der Waals surface area contributed by atoms with E-state index >= 15 is 0 Å². The van der Waals surface area contributed by atoms with E-state index in [2.05, 4.69) is 28.9 Å². The average molecular weight is 186 g/mol. The molecule has 0 aliphatic carbocycles. The number of rotatable bonds is 1. The lowest BCUT2D eigenvalue weighted by Crippen LogP contribution is -2.48. The van der Waals surface area contributed by atoms with Gasteiger partial charge in [0.15, 0.2) is 0 Å². The molecule has 1 N–H and O–H groups in total. The van der Waals surface area contributed by atoms with Gasteiger partial charge in [-0.2, -0.15) is 0 Å². The van der Waals surface area contributed by atoms with Crippen LogP contribution in [0.3, 0.4) is 0 Å². The van der Waals surface area contributed by atoms with Gasteiger partial charge in [-0.05, 0) is 19.4 Å². The maximum Gasteiger partial charge on any atom is 0.407 e. The minimum absolute atomic E-state index is 0.237. The lowest BCUT2D eigenvalue weighted by atomic mass is 9.97. The Morgan fingerprint density at radius 3 is 2.77 bits per heavy atom. The molecule has 0 spiro atoms. The van der Waals surface area contributed by atoms with Crippen LogP contribution in [0.25, 0.3) is 0 Å². The van der Waals surface area contributed by atoms with Crippen molar-refractivity contribution in [2.45, 2.75) is 19.4 Å². The van der Waals surface area contributed by atoms with Crippen LogP contribution in [0.4, 0.5) is 4.79 Å². The number of nitrogens with one attached hydrogen (secondary N) is 1. The molecule has 0 aromatic heterocycles. The zero-order valence-corrected chi connectivity index (χ0v) is 8.54. The predicted octanol–water partition coefficient (Wildman–Crippen LogP) is 0.683. The van der Waals surface area contributed by atoms with Crippen LogP contribution in [0.15, 0.2) is 0 Å². The van der Waals surface area contributed by atoms with E-state index in [0.717, 1.165) is 19.5 Å². The first-order valence-corrected chi connectivity index (χ1v) is 4.65. The number of carbonyl (C=O) groups is 1. The van der Waals surface area contributed by atoms with Gasteiger partial charge < -0.3 is 15.0 Å². The summed E-state index contributed by atoms with van der Waals surface area (Å²) in [6, 6.07) is 0.237. The van der Waals surface area contributed by atoms with Crippen molar-refractivity contribution in [1.29, 1.82) is 0 Å². The summed E-state index contributed by atoms with van der Waals surface area (Å²) in [6.07, 6.45) is 0.715. The van der Waals surface area contributed by atoms with E-state index in [1.165, 1.54) is 7.11 Å². The van der Waals surface area contributed by atoms with Crippen LogP contribution >= 0.6 is 0 Å². The number of nitrogens with zero attached hydrogens (tertiary/aromatic N) is 1. The van der Waals surface area contributed by atoms with E-state index in [9.17, 15) is 4.79 Å². The van der Waals surface area contributed by atoms with E-state index < -0.39 is 0 Å². The first kappa shape index (κ1) is 10.3. The van der Waals surface area contributed by atoms with Crippen LogP contribution < -0.4 is 5.32 Å². The van der Waals surface area contributed by atoms with Gasteiger partial charge in [-0.15, -0.1) is 0 Å². The van der Waals surface area contributed by atoms with Crippen molar-refractivity contribution in [2.75, 3.05) is 27.2 Å². The van der Waals surface area contributed by atoms with Crippen molar-refractivity contribution in [3.63, 3.8) is 0 Å². The number of hydrogen-bond donors (Lipinski definition) is 1. The molecule has 1 rings (SSSR count). The van der Waals surface area contributed by atoms with Crippen molar-refractivity contribution in [1.82, 2.24) is 10.2 Å². The summed E-state index contributed by atoms with van der Waals surface area (Å²) in [5, 5.41) is 2.83. The summed E-state index contributed by atoms with van der Waals surface area (Å²) in [7, 11) is 3.47. The number of amides is 1. The van der Waals surface area contributed by atoms with Gasteiger partial charge in [-0.3, -0.25) is 0 Å². The summed E-state index contributed by atoms with van der Waals surface area (Å²) >= 11 is 0. The molecule has 1 aliphatic rings. The van der Waals surface area contributed by atoms with Crippen molar-refractivity contribution in [3.05, 3.63) is 0 Å². The zero-order valence-electron chi connectivity index (χ0n) is 8.54. The largest absolute Gasteiger partial charge is 0.453 e. The van der Waals surface area contributed by atoms with Crippen molar-refractivity contribution in [2.24, 2.45) is 5.92 Å². The number of piperidine rings is 1. The van der Waals surface area contributed by atoms with Crippen molar-refractivity contribution in [3.8, 4) is 0 Å². The molecule has 0 aromatic carbocycles. The van der Waals surface area contributed by atoms with Gasteiger partial charge >= 0.3 is 6.09 Å². The molecule has 0 aromatic rings. The molecule has 2 atom stereocenters. The van der Waals surface area contributed by atoms with Gasteiger partial charge in [0.25, 0.3) is 0 Å². The third-order valence-corrected chi connectivity index (χ3v) is 2.35. The number of methoxy groups -OCH3 is 1. The summed E-state index contributed by atoms with van der Waals surface area (Å²) in [6.45, 7) is 4.22. The Labute approximate surface area is 79.2 Å². The fourth-order valence-corrected chi connectivity index (χ4v) is 1.95. The minimum Gasteiger partial charge on any atom is -0.453 e. The molecular formula is C9H18N2O2. The molecule has 0 saturated carbocycles. The molecule has 4 nitrogen and oxygen atoms in total. The fourth-order valence-electron chi connectivity index (χ4n) is 1.95. The fraction of sp³-hybridized carbons (Fsp3) is 0.889. The average Bonchev–Trinajstić information content (AvgIpc) is 2.02. The van der Waals surface area contributed by atoms with Crippen LogP contribution in [-0.4, -0.2) is 44.3 Å². The molecule has 4 heteroatoms. The maximum atomic E-state index is 10.9. The lowest BCUT2D eigenvalue weighted by Gasteiger charge is -2.33. The smallest absolute Gasteiger partial charge is 0.407 e. The Kier molecular flexibility index (Phi) is 3.54. The van der Waals surface area contributed by atoms with Gasteiger partial charge in [0.05, 0.1) is 7.11 Å². The number of likely N-dealkylation sites (N-methyl/N-ethyl adjacent to an activating group) is 1. The highest BCUT2D eigenvalue weighted by atomic mass is 16.5. The third kappa shape index (κ3) is 3.22. The van der Waals surface area contributed by atoms with Gasteiger partial charge in [0, 0.05) is 19.1 Å². The molecule has 0 bridgehead atoms. The molecule has 1 amide bonds. The van der Waals surface area contributed by atoms with E-state index in [4.69, 9.17) is 0 Å². The molecule has 13 heavy (non-hydrogen) atoms. The standard InChI is InChI=1S/C9H18N2O2/c1-7-4-8(6-11(2)5-7)10-9(12)13-3/h7-8H,4-6H2,1-3H3,(H,10,12). The van der Waals surface area contributed by atoms with Crippen LogP contribution in [0, 0.1) is 5.92 Å². The second-order valence-corrected chi connectivity index (χ2v) is 3.89. The second-order valence-electron chi connectivity index (χ2n) is 3.89. The molecule has 1 heterocycles. The Balaban J connectivity index is 2.37. The molecule has 1 aliphatic heterocycles. The first-order chi connectivity index (χ1) is 6.11. The molecule has 2 unspecified atom stereocenters. The van der Waals surface area contributed by atoms with Crippen LogP contribution in [-0.2, 0) is 4.74 Å². The number of likely N-dealkylation sites (tertiary alicyclic amines) is 1. The number of hydrogen-bond acceptors (Lipinski definition) is 3. The molecule has 1 fully saturated rings. The topological polar surface area (TPSA) is 41.6 Å². The predicted molar refractivity (Wildman–Crippen MR) is 50.6 cm³/mol. The summed E-state index contributed by atoms with van der Waals surface area (Å²) in [4.78, 5) is 13.2. The second kappa shape index (κ2) is 4.46. The van der Waals surface area contributed by atoms with E-state index in [1.54, 1.807) is 0 Å². The Morgan fingerprint density at radius 1 is 1.54 bits per heavy atom. The highest BCUT2D eigenvalue weighted by molar-refractivity contribution is 5.67. The summed E-state index contributed by atoms with van der Waals surface area (Å²) < 4.78 is 4.55. The van der Waals surface area contributed by atoms with E-state index in [-0.39, 0.29) is 12.1 Å². The Morgan fingerprint density at radius 2 is 2.23 bits per heavy atom. The molecule has 76 valence electrons. The summed E-state index contributed by atoms with van der Waals surface area (Å²) in [5.41, 5.74) is 0. The maximum absolute atomic E-state index is 10.9. The zero-order chi connectivity index (χ0) is 9.84. The van der Waals surface area contributed by atoms with Crippen LogP contribution in [0.5, 0.6) is 0 Å². The lowest BCUT2D eigenvalue weighted by molar-refractivity contribution is 0.143. The Bertz CT molecular complexity index is 174. The van der Waals surface area contributed by atoms with Crippen LogP contribution in [0.1, 0.15) is 13.3 Å². The number of carbonyl (C=O) groups excluding carboxylic acids is 1. The van der Waals surface area contributed by atoms with Gasteiger partial charge in [0.2, 0.25) is 0 Å². The van der Waals surface area contributed by atoms with Crippen LogP contribution in [0.2, 0.25) is 0 Å². The first-order valence-electron chi connectivity index (χ1n) is 4.65. The number of ether oxygens (including phenoxy) is 1. The Hall–Kier alpha value is -0.770. The van der Waals surface area contributed by atoms with Crippen molar-refractivity contribution < 1.29 is 9.53 Å². The highest BCUT2D eigenvalue weighted by Crippen LogP contribution is 2.14. The minimum atomic E-state index is -0.326. The third-order valence-electron chi connectivity index (χ3n) is 2.35. The SMILES string of the molecule is COC(=O)NC1CC(C)CN(C)C1. The molecular weight excluding hydrogens is 168 g/mol. The quantitative estimate of drug-likeness (QED) is 0.655. The highest BCUT2D eigenvalue weighted by Gasteiger charge is 2.23. The van der Waals surface area contributed by atoms with Gasteiger partial charge in [-0.1, -0.05) is 6.92 Å². The molecule has 0 radical (unpaired) electrons. The van der Waals surface area contributed by atoms with E-state index in [0.29, 0.717) is 5.92 Å². The summed E-state index contributed by atoms with van der Waals surface area (Å²) in [5.74, 6) is 0.640. The van der Waals surface area contributed by atoms with Gasteiger partial charge in [-0.25, -0.2) is 4.79 Å². The number of alkyl carbamates (subject to hydrolysis) is 1. The monoisotopic (exact) mass is 186 g/mol. The van der Waals surface area contributed by atoms with E-state index in [1.807, 2.05) is 0 Å². The normalized spacial score (nSPS) is 29.8. The van der Waals surface area contributed by atoms with Crippen molar-refractivity contribution >= 4 is 6.09 Å². The molecule has 1 saturated heterocycles. The van der Waals surface area contributed by atoms with Gasteiger partial charge in [0.1, 0.15) is 0 Å².